The Labute approximate surface area is 127 Å². The van der Waals surface area contributed by atoms with Crippen LogP contribution in [0, 0.1) is 5.92 Å². The second kappa shape index (κ2) is 9.00. The second-order valence-corrected chi connectivity index (χ2v) is 5.87. The van der Waals surface area contributed by atoms with Crippen LogP contribution in [0.3, 0.4) is 0 Å². The number of methoxy groups -OCH3 is 1. The minimum atomic E-state index is -0.564. The van der Waals surface area contributed by atoms with Crippen molar-refractivity contribution in [3.05, 3.63) is 0 Å². The highest BCUT2D eigenvalue weighted by Crippen LogP contribution is 2.10. The Morgan fingerprint density at radius 3 is 2.71 bits per heavy atom. The van der Waals surface area contributed by atoms with Gasteiger partial charge in [0.2, 0.25) is 5.91 Å². The van der Waals surface area contributed by atoms with Crippen LogP contribution in [-0.4, -0.2) is 62.7 Å². The molecule has 1 heterocycles. The summed E-state index contributed by atoms with van der Waals surface area (Å²) in [5.41, 5.74) is 0. The number of carbonyl (C=O) groups is 2. The lowest BCUT2D eigenvalue weighted by atomic mass is 9.99. The molecule has 3 atom stereocenters. The lowest BCUT2D eigenvalue weighted by Gasteiger charge is -2.31. The molecule has 6 nitrogen and oxygen atoms in total. The van der Waals surface area contributed by atoms with Crippen molar-refractivity contribution >= 4 is 11.9 Å². The van der Waals surface area contributed by atoms with Crippen molar-refractivity contribution in [3.8, 4) is 0 Å². The SMILES string of the molecule is CCC(C)C(NC(=O)CN(C)C1CCCNC1)C(=O)OC. The molecule has 0 saturated carbocycles. The first-order valence-electron chi connectivity index (χ1n) is 7.77. The van der Waals surface area contributed by atoms with Gasteiger partial charge in [0.25, 0.3) is 0 Å². The van der Waals surface area contributed by atoms with Gasteiger partial charge < -0.3 is 15.4 Å². The van der Waals surface area contributed by atoms with Crippen LogP contribution in [0.2, 0.25) is 0 Å². The molecule has 6 heteroatoms. The summed E-state index contributed by atoms with van der Waals surface area (Å²) in [6.45, 7) is 6.20. The number of piperidine rings is 1. The average Bonchev–Trinajstić information content (AvgIpc) is 2.51. The molecule has 1 rings (SSSR count). The summed E-state index contributed by atoms with van der Waals surface area (Å²) in [6, 6.07) is -0.185. The first-order chi connectivity index (χ1) is 9.99. The van der Waals surface area contributed by atoms with Crippen LogP contribution < -0.4 is 10.6 Å². The molecule has 1 amide bonds. The number of nitrogens with one attached hydrogen (secondary N) is 2. The maximum absolute atomic E-state index is 12.2. The summed E-state index contributed by atoms with van der Waals surface area (Å²) in [7, 11) is 3.30. The van der Waals surface area contributed by atoms with Crippen molar-refractivity contribution in [2.24, 2.45) is 5.92 Å². The predicted molar refractivity (Wildman–Crippen MR) is 81.9 cm³/mol. The van der Waals surface area contributed by atoms with E-state index in [0.29, 0.717) is 12.6 Å². The van der Waals surface area contributed by atoms with Gasteiger partial charge in [-0.1, -0.05) is 20.3 Å². The van der Waals surface area contributed by atoms with Crippen LogP contribution in [0.5, 0.6) is 0 Å². The van der Waals surface area contributed by atoms with E-state index in [0.717, 1.165) is 32.4 Å². The predicted octanol–water partition coefficient (Wildman–Crippen LogP) is 0.374. The maximum atomic E-state index is 12.2. The number of rotatable bonds is 7. The van der Waals surface area contributed by atoms with Crippen LogP contribution in [0.1, 0.15) is 33.1 Å². The van der Waals surface area contributed by atoms with Crippen molar-refractivity contribution in [2.75, 3.05) is 33.8 Å². The van der Waals surface area contributed by atoms with Gasteiger partial charge in [-0.3, -0.25) is 9.69 Å². The Morgan fingerprint density at radius 2 is 2.19 bits per heavy atom. The zero-order chi connectivity index (χ0) is 15.8. The summed E-state index contributed by atoms with van der Waals surface area (Å²) >= 11 is 0. The van der Waals surface area contributed by atoms with Crippen molar-refractivity contribution in [1.29, 1.82) is 0 Å². The summed E-state index contributed by atoms with van der Waals surface area (Å²) in [6.07, 6.45) is 3.04. The third-order valence-electron chi connectivity index (χ3n) is 4.27. The lowest BCUT2D eigenvalue weighted by molar-refractivity contribution is -0.146. The molecular formula is C15H29N3O3. The van der Waals surface area contributed by atoms with Gasteiger partial charge in [-0.25, -0.2) is 4.79 Å². The normalized spacial score (nSPS) is 21.7. The van der Waals surface area contributed by atoms with Crippen molar-refractivity contribution in [1.82, 2.24) is 15.5 Å². The van der Waals surface area contributed by atoms with E-state index in [4.69, 9.17) is 4.74 Å². The van der Waals surface area contributed by atoms with Crippen molar-refractivity contribution in [3.63, 3.8) is 0 Å². The number of carbonyl (C=O) groups excluding carboxylic acids is 2. The maximum Gasteiger partial charge on any atom is 0.328 e. The number of ether oxygens (including phenoxy) is 1. The van der Waals surface area contributed by atoms with Crippen LogP contribution in [0.15, 0.2) is 0 Å². The van der Waals surface area contributed by atoms with Gasteiger partial charge in [0.1, 0.15) is 6.04 Å². The van der Waals surface area contributed by atoms with E-state index in [1.54, 1.807) is 0 Å². The Balaban J connectivity index is 2.50. The average molecular weight is 299 g/mol. The highest BCUT2D eigenvalue weighted by molar-refractivity contribution is 5.85. The highest BCUT2D eigenvalue weighted by Gasteiger charge is 2.27. The van der Waals surface area contributed by atoms with Crippen molar-refractivity contribution in [2.45, 2.75) is 45.2 Å². The zero-order valence-electron chi connectivity index (χ0n) is 13.6. The molecule has 0 aliphatic carbocycles. The van der Waals surface area contributed by atoms with E-state index >= 15 is 0 Å². The van der Waals surface area contributed by atoms with Gasteiger partial charge >= 0.3 is 5.97 Å². The molecule has 0 aromatic carbocycles. The molecule has 0 spiro atoms. The van der Waals surface area contributed by atoms with Crippen LogP contribution in [0.4, 0.5) is 0 Å². The summed E-state index contributed by atoms with van der Waals surface area (Å²) in [4.78, 5) is 26.0. The monoisotopic (exact) mass is 299 g/mol. The number of hydrogen-bond donors (Lipinski definition) is 2. The molecule has 0 radical (unpaired) electrons. The summed E-state index contributed by atoms with van der Waals surface area (Å²) < 4.78 is 4.78. The number of likely N-dealkylation sites (N-methyl/N-ethyl adjacent to an activating group) is 1. The fraction of sp³-hybridized carbons (Fsp3) is 0.867. The molecule has 0 aromatic rings. The fourth-order valence-corrected chi connectivity index (χ4v) is 2.58. The Hall–Kier alpha value is -1.14. The Kier molecular flexibility index (Phi) is 7.67. The third-order valence-corrected chi connectivity index (χ3v) is 4.27. The molecule has 1 aliphatic heterocycles. The van der Waals surface area contributed by atoms with E-state index in [-0.39, 0.29) is 17.8 Å². The Bertz CT molecular complexity index is 343. The van der Waals surface area contributed by atoms with Crippen LogP contribution in [0.25, 0.3) is 0 Å². The smallest absolute Gasteiger partial charge is 0.328 e. The molecule has 122 valence electrons. The largest absolute Gasteiger partial charge is 0.467 e. The van der Waals surface area contributed by atoms with Gasteiger partial charge in [-0.2, -0.15) is 0 Å². The first kappa shape index (κ1) is 17.9. The molecular weight excluding hydrogens is 270 g/mol. The standard InChI is InChI=1S/C15H29N3O3/c1-5-11(2)14(15(20)21-4)17-13(19)10-18(3)12-7-6-8-16-9-12/h11-12,14,16H,5-10H2,1-4H3,(H,17,19). The molecule has 0 bridgehead atoms. The summed E-state index contributed by atoms with van der Waals surface area (Å²) in [5, 5.41) is 6.15. The zero-order valence-corrected chi connectivity index (χ0v) is 13.6. The molecule has 2 N–H and O–H groups in total. The number of hydrogen-bond acceptors (Lipinski definition) is 5. The third kappa shape index (κ3) is 5.63. The van der Waals surface area contributed by atoms with Gasteiger partial charge in [-0.05, 0) is 32.4 Å². The molecule has 21 heavy (non-hydrogen) atoms. The highest BCUT2D eigenvalue weighted by atomic mass is 16.5. The minimum Gasteiger partial charge on any atom is -0.467 e. The van der Waals surface area contributed by atoms with E-state index in [1.165, 1.54) is 7.11 Å². The van der Waals surface area contributed by atoms with E-state index in [2.05, 4.69) is 10.6 Å². The Morgan fingerprint density at radius 1 is 1.48 bits per heavy atom. The number of esters is 1. The van der Waals surface area contributed by atoms with Gasteiger partial charge in [0.15, 0.2) is 0 Å². The molecule has 3 unspecified atom stereocenters. The molecule has 1 fully saturated rings. The van der Waals surface area contributed by atoms with Crippen LogP contribution >= 0.6 is 0 Å². The topological polar surface area (TPSA) is 70.7 Å². The number of nitrogens with zero attached hydrogens (tertiary/aromatic N) is 1. The minimum absolute atomic E-state index is 0.0584. The van der Waals surface area contributed by atoms with E-state index < -0.39 is 6.04 Å². The van der Waals surface area contributed by atoms with E-state index in [9.17, 15) is 9.59 Å². The molecule has 0 aromatic heterocycles. The lowest BCUT2D eigenvalue weighted by Crippen LogP contribution is -2.51. The van der Waals surface area contributed by atoms with Crippen LogP contribution in [-0.2, 0) is 14.3 Å². The van der Waals surface area contributed by atoms with Gasteiger partial charge in [0.05, 0.1) is 13.7 Å². The quantitative estimate of drug-likeness (QED) is 0.665. The fourth-order valence-electron chi connectivity index (χ4n) is 2.58. The van der Waals surface area contributed by atoms with Crippen molar-refractivity contribution < 1.29 is 14.3 Å². The summed E-state index contributed by atoms with van der Waals surface area (Å²) in [5.74, 6) is -0.443. The second-order valence-electron chi connectivity index (χ2n) is 5.87. The molecule has 1 aliphatic rings. The van der Waals surface area contributed by atoms with Gasteiger partial charge in [-0.15, -0.1) is 0 Å². The first-order valence-corrected chi connectivity index (χ1v) is 7.77. The number of amides is 1. The van der Waals surface area contributed by atoms with Gasteiger partial charge in [0, 0.05) is 12.6 Å². The molecule has 1 saturated heterocycles. The van der Waals surface area contributed by atoms with E-state index in [1.807, 2.05) is 25.8 Å².